The predicted octanol–water partition coefficient (Wildman–Crippen LogP) is 0.469. The average Bonchev–Trinajstić information content (AvgIpc) is 2.58. The molecule has 2 aliphatic heterocycles. The Morgan fingerprint density at radius 3 is 3.18 bits per heavy atom. The highest BCUT2D eigenvalue weighted by molar-refractivity contribution is 5.86. The molecular weight excluding hydrogens is 138 g/mol. The summed E-state index contributed by atoms with van der Waals surface area (Å²) in [5.74, 6) is 1.78. The molecule has 0 aromatic carbocycles. The fourth-order valence-electron chi connectivity index (χ4n) is 1.57. The maximum Gasteiger partial charge on any atom is 0.101 e. The predicted molar refractivity (Wildman–Crippen MR) is 46.4 cm³/mol. The molecule has 2 heterocycles. The third-order valence-electron chi connectivity index (χ3n) is 2.19. The Kier molecular flexibility index (Phi) is 1.88. The van der Waals surface area contributed by atoms with Crippen molar-refractivity contribution in [1.29, 1.82) is 0 Å². The highest BCUT2D eigenvalue weighted by Crippen LogP contribution is 2.13. The van der Waals surface area contributed by atoms with Crippen molar-refractivity contribution in [2.75, 3.05) is 19.6 Å². The van der Waals surface area contributed by atoms with Crippen LogP contribution in [0, 0.1) is 5.92 Å². The topological polar surface area (TPSA) is 36.8 Å². The molecule has 0 amide bonds. The summed E-state index contributed by atoms with van der Waals surface area (Å²) in [5, 5.41) is 3.30. The molecule has 1 unspecified atom stereocenters. The Bertz CT molecular complexity index is 196. The van der Waals surface area contributed by atoms with Crippen molar-refractivity contribution < 1.29 is 0 Å². The van der Waals surface area contributed by atoms with E-state index in [-0.39, 0.29) is 0 Å². The van der Waals surface area contributed by atoms with Crippen LogP contribution in [-0.2, 0) is 0 Å². The molecule has 0 radical (unpaired) electrons. The maximum atomic E-state index is 4.39. The molecule has 0 aliphatic carbocycles. The van der Waals surface area contributed by atoms with Crippen LogP contribution in [0.5, 0.6) is 0 Å². The lowest BCUT2D eigenvalue weighted by Crippen LogP contribution is -2.30. The van der Waals surface area contributed by atoms with Crippen molar-refractivity contribution >= 4 is 12.1 Å². The number of rotatable bonds is 1. The summed E-state index contributed by atoms with van der Waals surface area (Å²) >= 11 is 0. The molecule has 0 aromatic rings. The summed E-state index contributed by atoms with van der Waals surface area (Å²) in [7, 11) is 0. The molecule has 0 aromatic heterocycles. The first kappa shape index (κ1) is 6.83. The molecule has 0 saturated heterocycles. The Morgan fingerprint density at radius 1 is 1.55 bits per heavy atom. The minimum Gasteiger partial charge on any atom is -0.372 e. The lowest BCUT2D eigenvalue weighted by atomic mass is 10.0. The Labute approximate surface area is 66.6 Å². The highest BCUT2D eigenvalue weighted by Gasteiger charge is 2.18. The molecule has 3 heteroatoms. The Balaban J connectivity index is 1.98. The zero-order valence-corrected chi connectivity index (χ0v) is 6.58. The minimum atomic E-state index is 0.586. The van der Waals surface area contributed by atoms with Gasteiger partial charge in [-0.2, -0.15) is 0 Å². The fraction of sp³-hybridized carbons (Fsp3) is 0.750. The van der Waals surface area contributed by atoms with Gasteiger partial charge < -0.3 is 5.32 Å². The van der Waals surface area contributed by atoms with Gasteiger partial charge in [0.25, 0.3) is 0 Å². The summed E-state index contributed by atoms with van der Waals surface area (Å²) in [4.78, 5) is 8.65. The van der Waals surface area contributed by atoms with Gasteiger partial charge in [-0.15, -0.1) is 0 Å². The van der Waals surface area contributed by atoms with Crippen LogP contribution >= 0.6 is 0 Å². The van der Waals surface area contributed by atoms with E-state index in [1.54, 1.807) is 0 Å². The van der Waals surface area contributed by atoms with Crippen LogP contribution in [-0.4, -0.2) is 31.7 Å². The second-order valence-electron chi connectivity index (χ2n) is 3.02. The van der Waals surface area contributed by atoms with Gasteiger partial charge in [0.05, 0.1) is 6.54 Å². The van der Waals surface area contributed by atoms with Gasteiger partial charge in [-0.1, -0.05) is 0 Å². The first-order valence-corrected chi connectivity index (χ1v) is 4.23. The molecule has 0 bridgehead atoms. The van der Waals surface area contributed by atoms with E-state index in [9.17, 15) is 0 Å². The molecule has 2 rings (SSSR count). The van der Waals surface area contributed by atoms with Gasteiger partial charge in [-0.25, -0.2) is 0 Å². The van der Waals surface area contributed by atoms with Crippen molar-refractivity contribution in [3.05, 3.63) is 0 Å². The van der Waals surface area contributed by atoms with Crippen LogP contribution in [0.25, 0.3) is 0 Å². The van der Waals surface area contributed by atoms with Crippen LogP contribution in [0.2, 0.25) is 0 Å². The van der Waals surface area contributed by atoms with E-state index in [2.05, 4.69) is 15.3 Å². The van der Waals surface area contributed by atoms with Gasteiger partial charge in [-0.05, 0) is 19.1 Å². The van der Waals surface area contributed by atoms with E-state index < -0.39 is 0 Å². The van der Waals surface area contributed by atoms with Gasteiger partial charge in [-0.3, -0.25) is 9.98 Å². The third-order valence-corrected chi connectivity index (χ3v) is 2.19. The largest absolute Gasteiger partial charge is 0.372 e. The molecule has 0 spiro atoms. The lowest BCUT2D eigenvalue weighted by molar-refractivity contribution is 0.621. The number of nitrogens with zero attached hydrogens (tertiary/aromatic N) is 2. The Hall–Kier alpha value is -0.860. The standard InChI is InChI=1S/C8H13N3/c1-2-7(6-9-3-1)8-10-4-5-11-8/h3,7H,1-2,4-6H2,(H,10,11). The Morgan fingerprint density at radius 2 is 2.55 bits per heavy atom. The van der Waals surface area contributed by atoms with Crippen LogP contribution in [0.4, 0.5) is 0 Å². The average molecular weight is 151 g/mol. The monoisotopic (exact) mass is 151 g/mol. The number of hydrogen-bond donors (Lipinski definition) is 1. The van der Waals surface area contributed by atoms with Crippen molar-refractivity contribution in [3.63, 3.8) is 0 Å². The second kappa shape index (κ2) is 3.03. The zero-order valence-electron chi connectivity index (χ0n) is 6.58. The summed E-state index contributed by atoms with van der Waals surface area (Å²) in [6.07, 6.45) is 4.35. The summed E-state index contributed by atoms with van der Waals surface area (Å²) in [5.41, 5.74) is 0. The van der Waals surface area contributed by atoms with Gasteiger partial charge >= 0.3 is 0 Å². The molecule has 1 N–H and O–H groups in total. The maximum absolute atomic E-state index is 4.39. The smallest absolute Gasteiger partial charge is 0.101 e. The van der Waals surface area contributed by atoms with Gasteiger partial charge in [0.2, 0.25) is 0 Å². The summed E-state index contributed by atoms with van der Waals surface area (Å²) in [6, 6.07) is 0. The van der Waals surface area contributed by atoms with Gasteiger partial charge in [0, 0.05) is 19.0 Å². The van der Waals surface area contributed by atoms with Gasteiger partial charge in [0.1, 0.15) is 5.84 Å². The van der Waals surface area contributed by atoms with E-state index in [0.717, 1.165) is 26.1 Å². The van der Waals surface area contributed by atoms with Crippen molar-refractivity contribution in [2.45, 2.75) is 12.8 Å². The molecule has 0 saturated carbocycles. The first-order valence-electron chi connectivity index (χ1n) is 4.23. The lowest BCUT2D eigenvalue weighted by Gasteiger charge is -2.16. The number of aliphatic imine (C=N–C) groups is 2. The van der Waals surface area contributed by atoms with E-state index in [1.807, 2.05) is 6.21 Å². The van der Waals surface area contributed by atoms with Crippen molar-refractivity contribution in [1.82, 2.24) is 5.32 Å². The van der Waals surface area contributed by atoms with Crippen LogP contribution in [0.15, 0.2) is 9.98 Å². The second-order valence-corrected chi connectivity index (χ2v) is 3.02. The molecule has 11 heavy (non-hydrogen) atoms. The van der Waals surface area contributed by atoms with E-state index >= 15 is 0 Å². The SMILES string of the molecule is C1=NCC(C2=NCCN2)CC1. The summed E-state index contributed by atoms with van der Waals surface area (Å²) < 4.78 is 0. The van der Waals surface area contributed by atoms with Crippen LogP contribution < -0.4 is 5.32 Å². The van der Waals surface area contributed by atoms with Crippen LogP contribution in [0.1, 0.15) is 12.8 Å². The summed E-state index contributed by atoms with van der Waals surface area (Å²) in [6.45, 7) is 2.91. The minimum absolute atomic E-state index is 0.586. The number of nitrogens with one attached hydrogen (secondary N) is 1. The molecule has 60 valence electrons. The first-order chi connectivity index (χ1) is 5.47. The normalized spacial score (nSPS) is 29.8. The quantitative estimate of drug-likeness (QED) is 0.581. The van der Waals surface area contributed by atoms with E-state index in [4.69, 9.17) is 0 Å². The van der Waals surface area contributed by atoms with Crippen molar-refractivity contribution in [2.24, 2.45) is 15.9 Å². The fourth-order valence-corrected chi connectivity index (χ4v) is 1.57. The zero-order chi connectivity index (χ0) is 7.52. The van der Waals surface area contributed by atoms with Gasteiger partial charge in [0.15, 0.2) is 0 Å². The van der Waals surface area contributed by atoms with Crippen LogP contribution in [0.3, 0.4) is 0 Å². The van der Waals surface area contributed by atoms with Crippen molar-refractivity contribution in [3.8, 4) is 0 Å². The molecule has 1 atom stereocenters. The number of hydrogen-bond acceptors (Lipinski definition) is 3. The molecule has 2 aliphatic rings. The number of amidine groups is 1. The van der Waals surface area contributed by atoms with E-state index in [0.29, 0.717) is 5.92 Å². The van der Waals surface area contributed by atoms with E-state index in [1.165, 1.54) is 12.3 Å². The molecular formula is C8H13N3. The third kappa shape index (κ3) is 1.42. The highest BCUT2D eigenvalue weighted by atomic mass is 15.1. The molecule has 3 nitrogen and oxygen atoms in total. The molecule has 0 fully saturated rings.